The van der Waals surface area contributed by atoms with Crippen LogP contribution in [0.1, 0.15) is 24.0 Å². The monoisotopic (exact) mass is 284 g/mol. The van der Waals surface area contributed by atoms with Crippen LogP contribution in [-0.2, 0) is 4.79 Å². The topological polar surface area (TPSA) is 50.7 Å². The molecule has 110 valence electrons. The first-order chi connectivity index (χ1) is 10.1. The van der Waals surface area contributed by atoms with Crippen LogP contribution in [0.15, 0.2) is 35.5 Å². The molecule has 4 heteroatoms. The molecule has 0 bridgehead atoms. The van der Waals surface area contributed by atoms with Crippen LogP contribution < -0.4 is 10.2 Å². The Morgan fingerprint density at radius 2 is 2.29 bits per heavy atom. The summed E-state index contributed by atoms with van der Waals surface area (Å²) in [6.07, 6.45) is 6.47. The van der Waals surface area contributed by atoms with E-state index < -0.39 is 0 Å². The second-order valence-electron chi connectivity index (χ2n) is 5.83. The van der Waals surface area contributed by atoms with Gasteiger partial charge in [-0.05, 0) is 49.8 Å². The highest BCUT2D eigenvalue weighted by atomic mass is 16.5. The molecule has 21 heavy (non-hydrogen) atoms. The van der Waals surface area contributed by atoms with Gasteiger partial charge in [0.15, 0.2) is 6.61 Å². The van der Waals surface area contributed by atoms with Crippen LogP contribution in [0.4, 0.5) is 0 Å². The third kappa shape index (κ3) is 2.99. The Morgan fingerprint density at radius 1 is 1.43 bits per heavy atom. The van der Waals surface area contributed by atoms with E-state index in [1.807, 2.05) is 32.0 Å². The first-order valence-electron chi connectivity index (χ1n) is 7.35. The number of hydrogen-bond acceptors (Lipinski definition) is 3. The van der Waals surface area contributed by atoms with Crippen LogP contribution in [0.3, 0.4) is 0 Å². The van der Waals surface area contributed by atoms with Gasteiger partial charge in [-0.1, -0.05) is 24.3 Å². The fourth-order valence-corrected chi connectivity index (χ4v) is 2.84. The second kappa shape index (κ2) is 5.72. The van der Waals surface area contributed by atoms with E-state index in [0.29, 0.717) is 11.8 Å². The number of nitrogens with one attached hydrogen (secondary N) is 1. The van der Waals surface area contributed by atoms with Crippen molar-refractivity contribution in [3.63, 3.8) is 0 Å². The summed E-state index contributed by atoms with van der Waals surface area (Å²) in [5.74, 6) is 1.70. The fraction of sp³-hybridized carbons (Fsp3) is 0.412. The molecule has 0 unspecified atom stereocenters. The predicted octanol–water partition coefficient (Wildman–Crippen LogP) is 2.75. The number of rotatable bonds is 4. The van der Waals surface area contributed by atoms with Crippen molar-refractivity contribution in [3.8, 4) is 5.75 Å². The molecule has 1 N–H and O–H groups in total. The minimum absolute atomic E-state index is 0.00653. The van der Waals surface area contributed by atoms with E-state index in [1.54, 1.807) is 0 Å². The largest absolute Gasteiger partial charge is 0.483 e. The zero-order valence-corrected chi connectivity index (χ0v) is 12.4. The van der Waals surface area contributed by atoms with E-state index in [1.165, 1.54) is 0 Å². The number of allylic oxidation sites excluding steroid dienone is 2. The van der Waals surface area contributed by atoms with Crippen LogP contribution in [-0.4, -0.2) is 18.2 Å². The first-order valence-corrected chi connectivity index (χ1v) is 7.35. The number of amides is 1. The van der Waals surface area contributed by atoms with E-state index in [4.69, 9.17) is 4.74 Å². The number of hydrazone groups is 1. The molecule has 0 aromatic heterocycles. The molecule has 1 aromatic carbocycles. The molecule has 3 rings (SSSR count). The second-order valence-corrected chi connectivity index (χ2v) is 5.83. The van der Waals surface area contributed by atoms with E-state index >= 15 is 0 Å². The van der Waals surface area contributed by atoms with Crippen LogP contribution in [0.2, 0.25) is 0 Å². The number of aryl methyl sites for hydroxylation is 2. The number of carbonyl (C=O) groups is 1. The van der Waals surface area contributed by atoms with Crippen molar-refractivity contribution in [1.82, 2.24) is 5.43 Å². The van der Waals surface area contributed by atoms with Crippen LogP contribution in [0.5, 0.6) is 5.75 Å². The third-order valence-corrected chi connectivity index (χ3v) is 4.19. The summed E-state index contributed by atoms with van der Waals surface area (Å²) in [5, 5.41) is 4.22. The standard InChI is InChI=1S/C17H20N2O2/c1-11-6-7-12(2)16(8-11)21-10-17(20)19-18-15-9-13-4-3-5-14(13)15/h3-4,6-8,13-14H,5,9-10H2,1-2H3,(H,19,20)/b18-15-/t13-,14+/m1/s1. The molecule has 0 spiro atoms. The minimum atomic E-state index is -0.210. The van der Waals surface area contributed by atoms with Gasteiger partial charge in [0.1, 0.15) is 5.75 Å². The molecule has 4 nitrogen and oxygen atoms in total. The van der Waals surface area contributed by atoms with Crippen LogP contribution >= 0.6 is 0 Å². The highest BCUT2D eigenvalue weighted by Gasteiger charge is 2.37. The molecule has 2 aliphatic carbocycles. The zero-order chi connectivity index (χ0) is 14.8. The summed E-state index contributed by atoms with van der Waals surface area (Å²) in [6, 6.07) is 5.95. The molecule has 2 atom stereocenters. The van der Waals surface area contributed by atoms with Crippen molar-refractivity contribution < 1.29 is 9.53 Å². The van der Waals surface area contributed by atoms with E-state index in [2.05, 4.69) is 22.7 Å². The maximum absolute atomic E-state index is 11.8. The van der Waals surface area contributed by atoms with Crippen molar-refractivity contribution in [2.45, 2.75) is 26.7 Å². The number of ether oxygens (including phenoxy) is 1. The van der Waals surface area contributed by atoms with E-state index in [0.717, 1.165) is 35.4 Å². The van der Waals surface area contributed by atoms with Crippen molar-refractivity contribution in [1.29, 1.82) is 0 Å². The zero-order valence-electron chi connectivity index (χ0n) is 12.4. The van der Waals surface area contributed by atoms with Crippen molar-refractivity contribution in [2.75, 3.05) is 6.61 Å². The number of carbonyl (C=O) groups excluding carboxylic acids is 1. The highest BCUT2D eigenvalue weighted by molar-refractivity contribution is 5.94. The third-order valence-electron chi connectivity index (χ3n) is 4.19. The van der Waals surface area contributed by atoms with Crippen molar-refractivity contribution in [3.05, 3.63) is 41.5 Å². The summed E-state index contributed by atoms with van der Waals surface area (Å²) in [4.78, 5) is 11.8. The van der Waals surface area contributed by atoms with Crippen molar-refractivity contribution in [2.24, 2.45) is 16.9 Å². The van der Waals surface area contributed by atoms with Crippen LogP contribution in [0, 0.1) is 25.7 Å². The van der Waals surface area contributed by atoms with Gasteiger partial charge in [0.2, 0.25) is 0 Å². The lowest BCUT2D eigenvalue weighted by atomic mass is 9.74. The summed E-state index contributed by atoms with van der Waals surface area (Å²) in [7, 11) is 0. The van der Waals surface area contributed by atoms with Crippen molar-refractivity contribution >= 4 is 11.6 Å². The van der Waals surface area contributed by atoms with Crippen LogP contribution in [0.25, 0.3) is 0 Å². The number of nitrogens with zero attached hydrogens (tertiary/aromatic N) is 1. The quantitative estimate of drug-likeness (QED) is 0.682. The Bertz CT molecular complexity index is 619. The van der Waals surface area contributed by atoms with Gasteiger partial charge < -0.3 is 4.74 Å². The number of benzene rings is 1. The van der Waals surface area contributed by atoms with Gasteiger partial charge in [-0.15, -0.1) is 0 Å². The summed E-state index contributed by atoms with van der Waals surface area (Å²) in [6.45, 7) is 3.96. The smallest absolute Gasteiger partial charge is 0.277 e. The number of fused-ring (bicyclic) bond motifs is 1. The van der Waals surface area contributed by atoms with Gasteiger partial charge in [0, 0.05) is 11.6 Å². The van der Waals surface area contributed by atoms with Gasteiger partial charge >= 0.3 is 0 Å². The van der Waals surface area contributed by atoms with Gasteiger partial charge in [-0.25, -0.2) is 5.43 Å². The Hall–Kier alpha value is -2.10. The molecule has 0 saturated heterocycles. The predicted molar refractivity (Wildman–Crippen MR) is 82.3 cm³/mol. The number of hydrogen-bond donors (Lipinski definition) is 1. The summed E-state index contributed by atoms with van der Waals surface area (Å²) >= 11 is 0. The first kappa shape index (κ1) is 13.9. The lowest BCUT2D eigenvalue weighted by Crippen LogP contribution is -2.36. The minimum Gasteiger partial charge on any atom is -0.483 e. The summed E-state index contributed by atoms with van der Waals surface area (Å²) in [5.41, 5.74) is 5.84. The molecule has 1 aromatic rings. The average molecular weight is 284 g/mol. The van der Waals surface area contributed by atoms with E-state index in [9.17, 15) is 4.79 Å². The Morgan fingerprint density at radius 3 is 3.10 bits per heavy atom. The highest BCUT2D eigenvalue weighted by Crippen LogP contribution is 2.39. The van der Waals surface area contributed by atoms with Gasteiger partial charge in [-0.3, -0.25) is 4.79 Å². The lowest BCUT2D eigenvalue weighted by molar-refractivity contribution is -0.123. The molecule has 1 saturated carbocycles. The maximum atomic E-state index is 11.8. The molecular weight excluding hydrogens is 264 g/mol. The van der Waals surface area contributed by atoms with Gasteiger partial charge in [-0.2, -0.15) is 5.10 Å². The molecule has 2 aliphatic rings. The fourth-order valence-electron chi connectivity index (χ4n) is 2.84. The average Bonchev–Trinajstić information content (AvgIpc) is 2.81. The molecule has 0 heterocycles. The Balaban J connectivity index is 1.49. The lowest BCUT2D eigenvalue weighted by Gasteiger charge is -2.31. The Kier molecular flexibility index (Phi) is 3.78. The van der Waals surface area contributed by atoms with Gasteiger partial charge in [0.25, 0.3) is 5.91 Å². The summed E-state index contributed by atoms with van der Waals surface area (Å²) < 4.78 is 5.56. The maximum Gasteiger partial charge on any atom is 0.277 e. The SMILES string of the molecule is Cc1ccc(C)c(OCC(=O)N/N=C2/C[C@H]3C=CC[C@H]23)c1. The van der Waals surface area contributed by atoms with Gasteiger partial charge in [0.05, 0.1) is 0 Å². The molecular formula is C17H20N2O2. The van der Waals surface area contributed by atoms with E-state index in [-0.39, 0.29) is 12.5 Å². The molecule has 0 aliphatic heterocycles. The molecule has 0 radical (unpaired) electrons. The normalized spacial score (nSPS) is 24.6. The molecule has 1 fully saturated rings. The Labute approximate surface area is 124 Å². The molecule has 1 amide bonds.